The van der Waals surface area contributed by atoms with E-state index in [1.54, 1.807) is 4.13 Å². The van der Waals surface area contributed by atoms with Crippen LogP contribution in [0.2, 0.25) is 0 Å². The van der Waals surface area contributed by atoms with E-state index < -0.39 is 22.3 Å². The van der Waals surface area contributed by atoms with Crippen molar-refractivity contribution in [2.75, 3.05) is 0 Å². The van der Waals surface area contributed by atoms with Crippen LogP contribution in [0.4, 0.5) is 7.77 Å². The van der Waals surface area contributed by atoms with Gasteiger partial charge in [-0.3, -0.25) is 18.2 Å². The Balaban J connectivity index is 3.75. The molecule has 0 aromatic heterocycles. The van der Waals surface area contributed by atoms with Crippen LogP contribution < -0.4 is 0 Å². The van der Waals surface area contributed by atoms with Gasteiger partial charge in [0.2, 0.25) is 0 Å². The van der Waals surface area contributed by atoms with Crippen LogP contribution in [-0.2, 0) is 0 Å². The van der Waals surface area contributed by atoms with Crippen molar-refractivity contribution in [1.29, 1.82) is 0 Å². The molecule has 60 valence electrons. The van der Waals surface area contributed by atoms with E-state index >= 15 is 0 Å². The van der Waals surface area contributed by atoms with Crippen LogP contribution in [0.1, 0.15) is 0 Å². The van der Waals surface area contributed by atoms with Crippen LogP contribution in [0.5, 0.6) is 0 Å². The topological polar surface area (TPSA) is 95.0 Å². The first kappa shape index (κ1) is 9.36. The molecule has 0 aromatic carbocycles. The van der Waals surface area contributed by atoms with Gasteiger partial charge in [-0.05, 0) is 0 Å². The van der Waals surface area contributed by atoms with Crippen LogP contribution >= 0.6 is 22.3 Å². The van der Waals surface area contributed by atoms with Crippen molar-refractivity contribution in [2.45, 2.75) is 0 Å². The summed E-state index contributed by atoms with van der Waals surface area (Å²) in [5, 5.41) is 0. The van der Waals surface area contributed by atoms with E-state index in [-0.39, 0.29) is 0 Å². The Kier molecular flexibility index (Phi) is 2.64. The number of hydrogen-bond acceptors (Lipinski definition) is 4. The third-order valence-corrected chi connectivity index (χ3v) is 1.71. The highest BCUT2D eigenvalue weighted by molar-refractivity contribution is 8.39. The van der Waals surface area contributed by atoms with Crippen LogP contribution in [0.15, 0.2) is 0 Å². The zero-order valence-corrected chi connectivity index (χ0v) is 5.44. The van der Waals surface area contributed by atoms with Crippen LogP contribution in [0.25, 0.3) is 4.13 Å². The molecular formula is H4F2NO4S2-. The Bertz CT molecular complexity index is 81.7. The van der Waals surface area contributed by atoms with E-state index in [1.807, 2.05) is 0 Å². The fourth-order valence-electron chi connectivity index (χ4n) is 0.121. The van der Waals surface area contributed by atoms with Gasteiger partial charge in [0.1, 0.15) is 0 Å². The van der Waals surface area contributed by atoms with Gasteiger partial charge in [0, 0.05) is 0 Å². The Morgan fingerprint density at radius 2 is 1.11 bits per heavy atom. The summed E-state index contributed by atoms with van der Waals surface area (Å²) in [6.45, 7) is 0. The molecule has 4 N–H and O–H groups in total. The molecule has 0 aliphatic heterocycles. The van der Waals surface area contributed by atoms with E-state index in [4.69, 9.17) is 18.2 Å². The fraction of sp³-hybridized carbons (Fsp3) is 0. The van der Waals surface area contributed by atoms with E-state index in [1.165, 1.54) is 0 Å². The van der Waals surface area contributed by atoms with Gasteiger partial charge in [-0.2, -0.15) is 0 Å². The zero-order valence-electron chi connectivity index (χ0n) is 3.81. The summed E-state index contributed by atoms with van der Waals surface area (Å²) in [5.74, 6) is 0. The van der Waals surface area contributed by atoms with Crippen molar-refractivity contribution in [3.63, 3.8) is 0 Å². The Labute approximate surface area is 53.2 Å². The highest BCUT2D eigenvalue weighted by Crippen LogP contribution is 2.64. The molecule has 0 unspecified atom stereocenters. The monoisotopic (exact) mass is 184 g/mol. The van der Waals surface area contributed by atoms with Crippen LogP contribution in [0, 0.1) is 0 Å². The first-order valence-corrected chi connectivity index (χ1v) is 4.21. The molecule has 0 amide bonds. The fourth-order valence-corrected chi connectivity index (χ4v) is 1.09. The van der Waals surface area contributed by atoms with E-state index in [9.17, 15) is 7.77 Å². The molecule has 0 saturated heterocycles. The summed E-state index contributed by atoms with van der Waals surface area (Å²) < 4.78 is 54.8. The van der Waals surface area contributed by atoms with E-state index in [2.05, 4.69) is 0 Å². The molecule has 0 bridgehead atoms. The van der Waals surface area contributed by atoms with Crippen LogP contribution in [-0.4, -0.2) is 18.2 Å². The lowest BCUT2D eigenvalue weighted by Gasteiger charge is -2.44. The molecule has 0 saturated carbocycles. The predicted molar refractivity (Wildman–Crippen MR) is 31.3 cm³/mol. The smallest absolute Gasteiger partial charge is 0.108 e. The van der Waals surface area contributed by atoms with Crippen molar-refractivity contribution in [1.82, 2.24) is 0 Å². The third-order valence-electron chi connectivity index (χ3n) is 0.190. The third kappa shape index (κ3) is 8.36. The summed E-state index contributed by atoms with van der Waals surface area (Å²) in [6.07, 6.45) is 0. The van der Waals surface area contributed by atoms with E-state index in [0.29, 0.717) is 0 Å². The Morgan fingerprint density at radius 3 is 1.11 bits per heavy atom. The van der Waals surface area contributed by atoms with Gasteiger partial charge < -0.3 is 4.13 Å². The second-order valence-corrected chi connectivity index (χ2v) is 3.38. The Hall–Kier alpha value is 0.360. The van der Waals surface area contributed by atoms with Crippen molar-refractivity contribution in [3.05, 3.63) is 4.13 Å². The first-order valence-electron chi connectivity index (χ1n) is 1.40. The van der Waals surface area contributed by atoms with Gasteiger partial charge in [-0.1, -0.05) is 0 Å². The quantitative estimate of drug-likeness (QED) is 0.530. The van der Waals surface area contributed by atoms with Crippen molar-refractivity contribution in [3.8, 4) is 0 Å². The molecule has 0 atom stereocenters. The molecule has 5 nitrogen and oxygen atoms in total. The largest absolute Gasteiger partial charge is 0.382 e. The molecule has 0 aliphatic rings. The summed E-state index contributed by atoms with van der Waals surface area (Å²) >= 11 is -9.99. The molecule has 0 spiro atoms. The molecule has 0 fully saturated rings. The minimum atomic E-state index is -4.99. The first-order chi connectivity index (χ1) is 3.71. The number of hydrogen-bond donors (Lipinski definition) is 4. The normalized spacial score (nSPS) is 17.6. The summed E-state index contributed by atoms with van der Waals surface area (Å²) in [5.41, 5.74) is 0. The SMILES string of the molecule is OS(O)(F)[N-]S(O)(O)F. The Morgan fingerprint density at radius 1 is 0.889 bits per heavy atom. The summed E-state index contributed by atoms with van der Waals surface area (Å²) in [7, 11) is 0. The second kappa shape index (κ2) is 2.54. The molecule has 0 aromatic rings. The van der Waals surface area contributed by atoms with Crippen LogP contribution in [0.3, 0.4) is 0 Å². The van der Waals surface area contributed by atoms with Crippen molar-refractivity contribution >= 4 is 22.3 Å². The molecule has 0 aliphatic carbocycles. The van der Waals surface area contributed by atoms with Gasteiger partial charge in [0.25, 0.3) is 0 Å². The minimum Gasteiger partial charge on any atom is -0.382 e. The lowest BCUT2D eigenvalue weighted by atomic mass is 13.9. The predicted octanol–water partition coefficient (Wildman–Crippen LogP) is 2.46. The van der Waals surface area contributed by atoms with Gasteiger partial charge in [0.05, 0.1) is 0 Å². The molecule has 9 heteroatoms. The van der Waals surface area contributed by atoms with Gasteiger partial charge in [-0.15, -0.1) is 30.1 Å². The molecular weight excluding hydrogens is 180 g/mol. The van der Waals surface area contributed by atoms with Crippen molar-refractivity contribution < 1.29 is 26.0 Å². The highest BCUT2D eigenvalue weighted by atomic mass is 32.4. The van der Waals surface area contributed by atoms with Crippen molar-refractivity contribution in [2.24, 2.45) is 0 Å². The maximum Gasteiger partial charge on any atom is -0.108 e. The molecule has 0 heterocycles. The lowest BCUT2D eigenvalue weighted by molar-refractivity contribution is 0.429. The maximum atomic E-state index is 11.4. The molecule has 0 radical (unpaired) electrons. The van der Waals surface area contributed by atoms with Gasteiger partial charge in [-0.25, -0.2) is 0 Å². The average molecular weight is 184 g/mol. The number of halogens is 2. The van der Waals surface area contributed by atoms with Gasteiger partial charge in [0.15, 0.2) is 0 Å². The van der Waals surface area contributed by atoms with Gasteiger partial charge >= 0.3 is 0 Å². The highest BCUT2D eigenvalue weighted by Gasteiger charge is 2.04. The van der Waals surface area contributed by atoms with E-state index in [0.717, 1.165) is 0 Å². The summed E-state index contributed by atoms with van der Waals surface area (Å²) in [6, 6.07) is 0. The average Bonchev–Trinajstić information content (AvgIpc) is 1.14. The second-order valence-electron chi connectivity index (χ2n) is 0.978. The number of rotatable bonds is 2. The lowest BCUT2D eigenvalue weighted by Crippen LogP contribution is -1.91. The number of nitrogens with zero attached hydrogens (tertiary/aromatic N) is 1. The molecule has 0 rings (SSSR count). The zero-order chi connectivity index (χ0) is 7.71. The maximum absolute atomic E-state index is 11.4. The minimum absolute atomic E-state index is 1.60. The summed E-state index contributed by atoms with van der Waals surface area (Å²) in [4.78, 5) is 0. The standard InChI is InChI=1S/F2H4NO4S2/c1-8(4,5)3-9(2,6)7/h4-7H/q-1. The molecule has 9 heavy (non-hydrogen) atoms.